The first-order valence-electron chi connectivity index (χ1n) is 13.5. The van der Waals surface area contributed by atoms with Gasteiger partial charge in [0.05, 0.1) is 24.2 Å². The first-order chi connectivity index (χ1) is 20.8. The fraction of sp³-hybridized carbons (Fsp3) is 0.233. The number of carbonyl (C=O) groups is 2. The molecule has 5 aromatic rings. The molecule has 4 aromatic heterocycles. The largest absolute Gasteiger partial charge is 0.444 e. The number of ether oxygens (including phenoxy) is 1. The molecule has 2 N–H and O–H groups in total. The van der Waals surface area contributed by atoms with Crippen LogP contribution < -0.4 is 10.6 Å². The molecule has 0 saturated heterocycles. The third-order valence-electron chi connectivity index (χ3n) is 6.00. The summed E-state index contributed by atoms with van der Waals surface area (Å²) in [4.78, 5) is 38.5. The Morgan fingerprint density at radius 2 is 1.77 bits per heavy atom. The van der Waals surface area contributed by atoms with Gasteiger partial charge in [0, 0.05) is 36.1 Å². The molecule has 0 bridgehead atoms. The Kier molecular flexibility index (Phi) is 8.47. The highest BCUT2D eigenvalue weighted by Gasteiger charge is 2.19. The number of fused-ring (bicyclic) bond motifs is 1. The summed E-state index contributed by atoms with van der Waals surface area (Å²) in [6.45, 7) is 5.22. The van der Waals surface area contributed by atoms with Crippen molar-refractivity contribution in [3.05, 3.63) is 84.8 Å². The molecule has 0 saturated carbocycles. The number of amides is 2. The van der Waals surface area contributed by atoms with E-state index in [1.807, 2.05) is 36.4 Å². The van der Waals surface area contributed by atoms with Gasteiger partial charge in [-0.3, -0.25) is 14.3 Å². The van der Waals surface area contributed by atoms with Crippen molar-refractivity contribution >= 4 is 39.3 Å². The number of pyridine rings is 2. The summed E-state index contributed by atoms with van der Waals surface area (Å²) in [6, 6.07) is 14.5. The second-order valence-electron chi connectivity index (χ2n) is 10.8. The molecule has 0 aliphatic carbocycles. The van der Waals surface area contributed by atoms with Gasteiger partial charge >= 0.3 is 6.09 Å². The lowest BCUT2D eigenvalue weighted by atomic mass is 10.1. The van der Waals surface area contributed by atoms with Gasteiger partial charge in [0.25, 0.3) is 16.0 Å². The molecule has 0 radical (unpaired) electrons. The summed E-state index contributed by atoms with van der Waals surface area (Å²) >= 11 is 0. The molecular formula is C30H30N6O7S. The zero-order chi connectivity index (χ0) is 31.5. The molecule has 0 fully saturated rings. The fourth-order valence-corrected chi connectivity index (χ4v) is 4.58. The molecule has 1 aromatic carbocycles. The van der Waals surface area contributed by atoms with Crippen molar-refractivity contribution in [2.45, 2.75) is 32.8 Å². The van der Waals surface area contributed by atoms with Crippen LogP contribution in [0.25, 0.3) is 28.2 Å². The van der Waals surface area contributed by atoms with Crippen molar-refractivity contribution in [3.8, 4) is 22.6 Å². The number of carbonyl (C=O) groups excluding carboxylic acids is 2. The van der Waals surface area contributed by atoms with Crippen LogP contribution in [0.2, 0.25) is 0 Å². The molecule has 0 atom stereocenters. The Hall–Kier alpha value is -5.08. The van der Waals surface area contributed by atoms with Crippen molar-refractivity contribution in [3.63, 3.8) is 0 Å². The molecule has 0 spiro atoms. The van der Waals surface area contributed by atoms with Crippen LogP contribution in [0, 0.1) is 0 Å². The van der Waals surface area contributed by atoms with Crippen LogP contribution in [0.4, 0.5) is 16.3 Å². The minimum absolute atomic E-state index is 0.0295. The van der Waals surface area contributed by atoms with Gasteiger partial charge in [0.15, 0.2) is 5.69 Å². The van der Waals surface area contributed by atoms with E-state index in [-0.39, 0.29) is 30.4 Å². The normalized spacial score (nSPS) is 11.8. The molecule has 0 aliphatic rings. The van der Waals surface area contributed by atoms with Gasteiger partial charge in [-0.15, -0.1) is 0 Å². The van der Waals surface area contributed by atoms with Crippen LogP contribution in [0.1, 0.15) is 37.0 Å². The molecule has 2 amide bonds. The fourth-order valence-electron chi connectivity index (χ4n) is 4.20. The zero-order valence-corrected chi connectivity index (χ0v) is 25.2. The number of nitrogens with one attached hydrogen (secondary N) is 2. The number of hydrogen-bond acceptors (Lipinski definition) is 10. The minimum atomic E-state index is -3.56. The van der Waals surface area contributed by atoms with Gasteiger partial charge < -0.3 is 18.9 Å². The summed E-state index contributed by atoms with van der Waals surface area (Å²) in [6.07, 6.45) is 6.79. The number of nitrogens with zero attached hydrogens (tertiary/aromatic N) is 4. The number of rotatable bonds is 9. The van der Waals surface area contributed by atoms with E-state index in [9.17, 15) is 18.0 Å². The van der Waals surface area contributed by atoms with Crippen molar-refractivity contribution in [1.82, 2.24) is 19.4 Å². The van der Waals surface area contributed by atoms with E-state index in [4.69, 9.17) is 13.3 Å². The van der Waals surface area contributed by atoms with Crippen LogP contribution in [-0.4, -0.2) is 58.2 Å². The number of benzene rings is 1. The van der Waals surface area contributed by atoms with E-state index in [1.54, 1.807) is 49.7 Å². The summed E-state index contributed by atoms with van der Waals surface area (Å²) in [5.41, 5.74) is 3.12. The smallest absolute Gasteiger partial charge is 0.413 e. The van der Waals surface area contributed by atoms with Gasteiger partial charge in [-0.1, -0.05) is 30.3 Å². The quantitative estimate of drug-likeness (QED) is 0.210. The van der Waals surface area contributed by atoms with Crippen molar-refractivity contribution in [1.29, 1.82) is 0 Å². The molecule has 0 unspecified atom stereocenters. The maximum absolute atomic E-state index is 13.3. The van der Waals surface area contributed by atoms with E-state index in [0.29, 0.717) is 28.2 Å². The Bertz CT molecular complexity index is 1930. The first kappa shape index (κ1) is 30.4. The van der Waals surface area contributed by atoms with E-state index in [1.165, 1.54) is 12.5 Å². The second-order valence-corrected chi connectivity index (χ2v) is 12.4. The van der Waals surface area contributed by atoms with Crippen LogP contribution in [-0.2, 0) is 25.5 Å². The average Bonchev–Trinajstić information content (AvgIpc) is 3.59. The second kappa shape index (κ2) is 12.3. The number of hydrogen-bond donors (Lipinski definition) is 2. The maximum Gasteiger partial charge on any atom is 0.413 e. The van der Waals surface area contributed by atoms with E-state index < -0.39 is 27.7 Å². The molecule has 4 heterocycles. The maximum atomic E-state index is 13.3. The molecular weight excluding hydrogens is 588 g/mol. The highest BCUT2D eigenvalue weighted by Crippen LogP contribution is 2.30. The standard InChI is InChI=1S/C30H30N6O7S/c1-30(2,3)43-29(38)35-25-14-20(10-12-31-25)28-34-24(18-41-28)27(37)33-23-17-36-16-21(11-13-42-44(4,39)40)32-26(36)15-22(23)19-8-6-5-7-9-19/h5-10,12,14-18H,11,13H2,1-4H3,(H,33,37)(H,31,35,38). The monoisotopic (exact) mass is 618 g/mol. The highest BCUT2D eigenvalue weighted by molar-refractivity contribution is 7.85. The van der Waals surface area contributed by atoms with Crippen LogP contribution >= 0.6 is 0 Å². The molecule has 0 aliphatic heterocycles. The zero-order valence-electron chi connectivity index (χ0n) is 24.4. The van der Waals surface area contributed by atoms with E-state index in [2.05, 4.69) is 25.6 Å². The average molecular weight is 619 g/mol. The minimum Gasteiger partial charge on any atom is -0.444 e. The number of anilines is 2. The molecule has 44 heavy (non-hydrogen) atoms. The van der Waals surface area contributed by atoms with Crippen molar-refractivity contribution in [2.24, 2.45) is 0 Å². The molecule has 13 nitrogen and oxygen atoms in total. The predicted octanol–water partition coefficient (Wildman–Crippen LogP) is 5.17. The van der Waals surface area contributed by atoms with Crippen molar-refractivity contribution in [2.75, 3.05) is 23.5 Å². The Balaban J connectivity index is 1.37. The van der Waals surface area contributed by atoms with E-state index in [0.717, 1.165) is 11.8 Å². The number of aromatic nitrogens is 4. The Labute approximate surface area is 253 Å². The van der Waals surface area contributed by atoms with E-state index >= 15 is 0 Å². The van der Waals surface area contributed by atoms with Gasteiger partial charge in [0.2, 0.25) is 5.89 Å². The van der Waals surface area contributed by atoms with Crippen molar-refractivity contribution < 1.29 is 31.3 Å². The third-order valence-corrected chi connectivity index (χ3v) is 6.60. The molecule has 5 rings (SSSR count). The van der Waals surface area contributed by atoms with Gasteiger partial charge in [0.1, 0.15) is 23.3 Å². The van der Waals surface area contributed by atoms with Crippen LogP contribution in [0.15, 0.2) is 77.8 Å². The summed E-state index contributed by atoms with van der Waals surface area (Å²) < 4.78 is 40.1. The van der Waals surface area contributed by atoms with Gasteiger partial charge in [-0.25, -0.2) is 19.7 Å². The lowest BCUT2D eigenvalue weighted by Gasteiger charge is -2.19. The summed E-state index contributed by atoms with van der Waals surface area (Å²) in [5.74, 6) is -0.136. The van der Waals surface area contributed by atoms with Gasteiger partial charge in [-0.2, -0.15) is 8.42 Å². The van der Waals surface area contributed by atoms with Crippen LogP contribution in [0.3, 0.4) is 0 Å². The van der Waals surface area contributed by atoms with Crippen LogP contribution in [0.5, 0.6) is 0 Å². The molecule has 228 valence electrons. The Morgan fingerprint density at radius 1 is 1.00 bits per heavy atom. The van der Waals surface area contributed by atoms with Gasteiger partial charge in [-0.05, 0) is 44.5 Å². The number of imidazole rings is 1. The molecule has 14 heteroatoms. The lowest BCUT2D eigenvalue weighted by molar-refractivity contribution is 0.0635. The third kappa shape index (κ3) is 7.85. The predicted molar refractivity (Wildman–Crippen MR) is 163 cm³/mol. The first-order valence-corrected chi connectivity index (χ1v) is 15.3. The number of oxazole rings is 1. The highest BCUT2D eigenvalue weighted by atomic mass is 32.2. The Morgan fingerprint density at radius 3 is 2.50 bits per heavy atom. The topological polar surface area (TPSA) is 167 Å². The summed E-state index contributed by atoms with van der Waals surface area (Å²) in [7, 11) is -3.56. The lowest BCUT2D eigenvalue weighted by Crippen LogP contribution is -2.27. The summed E-state index contributed by atoms with van der Waals surface area (Å²) in [5, 5.41) is 5.48. The SMILES string of the molecule is CC(C)(C)OC(=O)Nc1cc(-c2nc(C(=O)Nc3cn4cc(CCOS(C)(=O)=O)nc4cc3-c3ccccc3)co2)ccn1.